The molecule has 2 atom stereocenters. The summed E-state index contributed by atoms with van der Waals surface area (Å²) in [6.45, 7) is 1.81. The van der Waals surface area contributed by atoms with Gasteiger partial charge in [-0.2, -0.15) is 0 Å². The van der Waals surface area contributed by atoms with Gasteiger partial charge in [-0.1, -0.05) is 31.0 Å². The van der Waals surface area contributed by atoms with Gasteiger partial charge >= 0.3 is 6.09 Å². The number of carboxylic acid groups (broad SMARTS) is 1. The highest BCUT2D eigenvalue weighted by molar-refractivity contribution is 6.30. The van der Waals surface area contributed by atoms with Crippen molar-refractivity contribution in [3.8, 4) is 22.4 Å². The van der Waals surface area contributed by atoms with Crippen molar-refractivity contribution in [3.05, 3.63) is 94.0 Å². The van der Waals surface area contributed by atoms with Crippen molar-refractivity contribution in [1.82, 2.24) is 14.5 Å². The van der Waals surface area contributed by atoms with Crippen LogP contribution >= 0.6 is 11.6 Å². The van der Waals surface area contributed by atoms with Crippen LogP contribution in [0.4, 0.5) is 20.6 Å². The average molecular weight is 562 g/mol. The summed E-state index contributed by atoms with van der Waals surface area (Å²) in [4.78, 5) is 46.5. The lowest BCUT2D eigenvalue weighted by Crippen LogP contribution is -2.27. The SMILES string of the molecule is C[C@@H]1CCC[C@H](n2cnc(-c3cc(Cl)ccc3F)cc2=O)c2cc(ccn2)-c2ccc(NC(=O)O)cc2NC1=O. The summed E-state index contributed by atoms with van der Waals surface area (Å²) in [6.07, 6.45) is 3.44. The zero-order chi connectivity index (χ0) is 28.4. The molecule has 5 rings (SSSR count). The molecule has 0 aliphatic carbocycles. The maximum atomic E-state index is 14.4. The van der Waals surface area contributed by atoms with Gasteiger partial charge in [0, 0.05) is 40.0 Å². The Labute approximate surface area is 233 Å². The molecule has 4 aromatic rings. The van der Waals surface area contributed by atoms with Gasteiger partial charge in [0.05, 0.1) is 29.4 Å². The minimum atomic E-state index is -1.22. The van der Waals surface area contributed by atoms with Crippen molar-refractivity contribution in [2.75, 3.05) is 10.6 Å². The molecule has 0 spiro atoms. The third-order valence-corrected chi connectivity index (χ3v) is 7.14. The Hall–Kier alpha value is -4.57. The average Bonchev–Trinajstić information content (AvgIpc) is 2.92. The first-order valence-electron chi connectivity index (χ1n) is 12.6. The highest BCUT2D eigenvalue weighted by Crippen LogP contribution is 2.34. The number of carbonyl (C=O) groups excluding carboxylic acids is 1. The predicted octanol–water partition coefficient (Wildman–Crippen LogP) is 6.20. The van der Waals surface area contributed by atoms with Gasteiger partial charge in [-0.25, -0.2) is 14.2 Å². The standard InChI is InChI=1S/C29H25ClFN5O4/c1-16-3-2-4-26(36-15-33-23(14-27(36)37)21-12-18(30)5-8-22(21)31)25-11-17(9-10-32-25)20-7-6-19(34-29(39)40)13-24(20)35-28(16)38/h5-16,26,34H,2-4H2,1H3,(H,35,38)(H,39,40)/t16-,26+/m1/s1. The number of anilines is 2. The maximum absolute atomic E-state index is 14.4. The Bertz CT molecular complexity index is 1670. The normalized spacial score (nSPS) is 17.1. The van der Waals surface area contributed by atoms with Crippen LogP contribution in [0.3, 0.4) is 0 Å². The van der Waals surface area contributed by atoms with E-state index >= 15 is 0 Å². The third-order valence-electron chi connectivity index (χ3n) is 6.90. The smallest absolute Gasteiger partial charge is 0.409 e. The lowest BCUT2D eigenvalue weighted by atomic mass is 9.95. The third kappa shape index (κ3) is 5.72. The number of rotatable bonds is 3. The Morgan fingerprint density at radius 1 is 1.07 bits per heavy atom. The van der Waals surface area contributed by atoms with E-state index in [0.717, 1.165) is 5.56 Å². The first kappa shape index (κ1) is 27.0. The number of benzene rings is 2. The number of carbonyl (C=O) groups is 2. The topological polar surface area (TPSA) is 126 Å². The summed E-state index contributed by atoms with van der Waals surface area (Å²) in [5.41, 5.74) is 2.67. The summed E-state index contributed by atoms with van der Waals surface area (Å²) < 4.78 is 15.9. The molecule has 0 radical (unpaired) electrons. The Kier molecular flexibility index (Phi) is 7.61. The molecule has 0 unspecified atom stereocenters. The van der Waals surface area contributed by atoms with Crippen LogP contribution in [0.25, 0.3) is 22.4 Å². The van der Waals surface area contributed by atoms with E-state index in [4.69, 9.17) is 16.7 Å². The lowest BCUT2D eigenvalue weighted by molar-refractivity contribution is -0.119. The van der Waals surface area contributed by atoms with Crippen molar-refractivity contribution < 1.29 is 19.1 Å². The van der Waals surface area contributed by atoms with Gasteiger partial charge in [0.2, 0.25) is 5.91 Å². The Morgan fingerprint density at radius 2 is 1.90 bits per heavy atom. The minimum absolute atomic E-state index is 0.128. The van der Waals surface area contributed by atoms with Gasteiger partial charge in [-0.05, 0) is 60.9 Å². The number of hydrogen-bond acceptors (Lipinski definition) is 5. The van der Waals surface area contributed by atoms with Crippen molar-refractivity contribution in [1.29, 1.82) is 0 Å². The number of pyridine rings is 1. The van der Waals surface area contributed by atoms with E-state index < -0.39 is 18.0 Å². The van der Waals surface area contributed by atoms with Crippen LogP contribution in [0.2, 0.25) is 5.02 Å². The fourth-order valence-corrected chi connectivity index (χ4v) is 4.99. The molecule has 2 aromatic heterocycles. The highest BCUT2D eigenvalue weighted by atomic mass is 35.5. The quantitative estimate of drug-likeness (QED) is 0.273. The molecule has 40 heavy (non-hydrogen) atoms. The van der Waals surface area contributed by atoms with E-state index in [-0.39, 0.29) is 28.6 Å². The molecule has 1 aliphatic heterocycles. The second-order valence-corrected chi connectivity index (χ2v) is 10.1. The van der Waals surface area contributed by atoms with Gasteiger partial charge in [-0.15, -0.1) is 0 Å². The molecule has 204 valence electrons. The van der Waals surface area contributed by atoms with E-state index in [1.165, 1.54) is 35.2 Å². The molecule has 3 heterocycles. The molecule has 2 aromatic carbocycles. The number of halogens is 2. The van der Waals surface area contributed by atoms with Crippen molar-refractivity contribution in [2.45, 2.75) is 32.2 Å². The van der Waals surface area contributed by atoms with Crippen LogP contribution in [-0.2, 0) is 4.79 Å². The molecule has 0 saturated carbocycles. The molecule has 1 aliphatic rings. The van der Waals surface area contributed by atoms with Gasteiger partial charge in [0.15, 0.2) is 0 Å². The maximum Gasteiger partial charge on any atom is 0.409 e. The second-order valence-electron chi connectivity index (χ2n) is 9.64. The minimum Gasteiger partial charge on any atom is -0.465 e. The summed E-state index contributed by atoms with van der Waals surface area (Å²) in [5.74, 6) is -1.09. The molecule has 0 fully saturated rings. The van der Waals surface area contributed by atoms with E-state index in [2.05, 4.69) is 20.6 Å². The number of nitrogens with one attached hydrogen (secondary N) is 2. The molecule has 9 nitrogen and oxygen atoms in total. The second kappa shape index (κ2) is 11.3. The summed E-state index contributed by atoms with van der Waals surface area (Å²) >= 11 is 6.03. The molecular formula is C29H25ClFN5O4. The van der Waals surface area contributed by atoms with Crippen LogP contribution < -0.4 is 16.2 Å². The molecule has 11 heteroatoms. The Morgan fingerprint density at radius 3 is 2.67 bits per heavy atom. The van der Waals surface area contributed by atoms with Crippen LogP contribution in [0.1, 0.15) is 37.9 Å². The van der Waals surface area contributed by atoms with Crippen molar-refractivity contribution >= 4 is 35.0 Å². The number of amides is 2. The number of fused-ring (bicyclic) bond motifs is 4. The zero-order valence-electron chi connectivity index (χ0n) is 21.4. The fourth-order valence-electron chi connectivity index (χ4n) is 4.82. The molecule has 2 bridgehead atoms. The largest absolute Gasteiger partial charge is 0.465 e. The lowest BCUT2D eigenvalue weighted by Gasteiger charge is -2.23. The molecular weight excluding hydrogens is 537 g/mol. The summed E-state index contributed by atoms with van der Waals surface area (Å²) in [5, 5.41) is 14.7. The highest BCUT2D eigenvalue weighted by Gasteiger charge is 2.23. The number of hydrogen-bond donors (Lipinski definition) is 3. The van der Waals surface area contributed by atoms with Gasteiger partial charge < -0.3 is 10.4 Å². The van der Waals surface area contributed by atoms with Crippen molar-refractivity contribution in [2.24, 2.45) is 5.92 Å². The van der Waals surface area contributed by atoms with Crippen LogP contribution in [0.15, 0.2) is 71.9 Å². The fraction of sp³-hybridized carbons (Fsp3) is 0.207. The first-order chi connectivity index (χ1) is 19.2. The summed E-state index contributed by atoms with van der Waals surface area (Å²) in [7, 11) is 0. The number of nitrogens with zero attached hydrogens (tertiary/aromatic N) is 3. The van der Waals surface area contributed by atoms with Crippen molar-refractivity contribution in [3.63, 3.8) is 0 Å². The predicted molar refractivity (Wildman–Crippen MR) is 150 cm³/mol. The van der Waals surface area contributed by atoms with Gasteiger partial charge in [0.25, 0.3) is 5.56 Å². The Balaban J connectivity index is 1.59. The first-order valence-corrected chi connectivity index (χ1v) is 13.0. The van der Waals surface area contributed by atoms with E-state index in [0.29, 0.717) is 46.9 Å². The summed E-state index contributed by atoms with van der Waals surface area (Å²) in [6, 6.07) is 13.4. The zero-order valence-corrected chi connectivity index (χ0v) is 22.2. The van der Waals surface area contributed by atoms with E-state index in [1.807, 2.05) is 13.0 Å². The van der Waals surface area contributed by atoms with Crippen LogP contribution in [0.5, 0.6) is 0 Å². The number of aromatic nitrogens is 3. The van der Waals surface area contributed by atoms with E-state index in [9.17, 15) is 18.8 Å². The van der Waals surface area contributed by atoms with Crippen LogP contribution in [0, 0.1) is 11.7 Å². The van der Waals surface area contributed by atoms with Gasteiger partial charge in [-0.3, -0.25) is 24.5 Å². The van der Waals surface area contributed by atoms with Crippen LogP contribution in [-0.4, -0.2) is 31.6 Å². The monoisotopic (exact) mass is 561 g/mol. The van der Waals surface area contributed by atoms with Gasteiger partial charge in [0.1, 0.15) is 5.82 Å². The molecule has 3 N–H and O–H groups in total. The molecule has 0 saturated heterocycles. The molecule has 2 amide bonds. The van der Waals surface area contributed by atoms with E-state index in [1.54, 1.807) is 30.5 Å².